The number of halogens is 1. The highest BCUT2D eigenvalue weighted by Crippen LogP contribution is 2.13. The van der Waals surface area contributed by atoms with Crippen LogP contribution in [0.5, 0.6) is 5.75 Å². The maximum absolute atomic E-state index is 5.38. The van der Waals surface area contributed by atoms with E-state index in [0.29, 0.717) is 0 Å². The average molecular weight is 257 g/mol. The van der Waals surface area contributed by atoms with Gasteiger partial charge in [-0.3, -0.25) is 0 Å². The summed E-state index contributed by atoms with van der Waals surface area (Å²) >= 11 is 3.44. The molecule has 0 spiro atoms. The van der Waals surface area contributed by atoms with Crippen molar-refractivity contribution in [3.63, 3.8) is 0 Å². The fourth-order valence-corrected chi connectivity index (χ4v) is 1.74. The second-order valence-corrected chi connectivity index (χ2v) is 4.02. The Morgan fingerprint density at radius 1 is 1.14 bits per heavy atom. The number of hydrogen-bond acceptors (Lipinski definition) is 1. The molecular formula is C12H17BrO. The SMILES string of the molecule is CCOc1ccc(CCCCBr)cc1. The van der Waals surface area contributed by atoms with E-state index in [1.165, 1.54) is 18.4 Å². The van der Waals surface area contributed by atoms with Gasteiger partial charge in [0.25, 0.3) is 0 Å². The van der Waals surface area contributed by atoms with E-state index in [1.807, 2.05) is 19.1 Å². The predicted octanol–water partition coefficient (Wildman–Crippen LogP) is 3.80. The van der Waals surface area contributed by atoms with Crippen LogP contribution >= 0.6 is 15.9 Å². The van der Waals surface area contributed by atoms with E-state index in [2.05, 4.69) is 28.1 Å². The molecule has 0 saturated heterocycles. The maximum atomic E-state index is 5.38. The first-order valence-electron chi connectivity index (χ1n) is 5.14. The summed E-state index contributed by atoms with van der Waals surface area (Å²) in [6.07, 6.45) is 3.66. The number of rotatable bonds is 6. The third-order valence-electron chi connectivity index (χ3n) is 2.08. The topological polar surface area (TPSA) is 9.23 Å². The molecule has 0 aliphatic rings. The summed E-state index contributed by atoms with van der Waals surface area (Å²) in [6.45, 7) is 2.74. The van der Waals surface area contributed by atoms with Crippen LogP contribution in [0.3, 0.4) is 0 Å². The average Bonchev–Trinajstić information content (AvgIpc) is 2.21. The van der Waals surface area contributed by atoms with E-state index in [9.17, 15) is 0 Å². The third kappa shape index (κ3) is 4.14. The zero-order valence-corrected chi connectivity index (χ0v) is 10.2. The highest BCUT2D eigenvalue weighted by molar-refractivity contribution is 9.09. The summed E-state index contributed by atoms with van der Waals surface area (Å²) in [5, 5.41) is 1.10. The molecule has 1 rings (SSSR count). The Labute approximate surface area is 94.6 Å². The van der Waals surface area contributed by atoms with Gasteiger partial charge in [0, 0.05) is 5.33 Å². The first kappa shape index (κ1) is 11.6. The molecule has 78 valence electrons. The van der Waals surface area contributed by atoms with Crippen molar-refractivity contribution in [2.45, 2.75) is 26.2 Å². The van der Waals surface area contributed by atoms with E-state index < -0.39 is 0 Å². The van der Waals surface area contributed by atoms with Gasteiger partial charge in [0.05, 0.1) is 6.61 Å². The minimum absolute atomic E-state index is 0.739. The van der Waals surface area contributed by atoms with Crippen LogP contribution in [0.1, 0.15) is 25.3 Å². The fourth-order valence-electron chi connectivity index (χ4n) is 1.34. The van der Waals surface area contributed by atoms with Gasteiger partial charge in [-0.25, -0.2) is 0 Å². The minimum atomic E-state index is 0.739. The number of aryl methyl sites for hydroxylation is 1. The molecular weight excluding hydrogens is 240 g/mol. The molecule has 1 nitrogen and oxygen atoms in total. The summed E-state index contributed by atoms with van der Waals surface area (Å²) in [5.74, 6) is 0.969. The molecule has 14 heavy (non-hydrogen) atoms. The van der Waals surface area contributed by atoms with Crippen molar-refractivity contribution < 1.29 is 4.74 Å². The van der Waals surface area contributed by atoms with Crippen molar-refractivity contribution in [1.82, 2.24) is 0 Å². The number of unbranched alkanes of at least 4 members (excludes halogenated alkanes) is 1. The lowest BCUT2D eigenvalue weighted by Gasteiger charge is -2.04. The molecule has 0 aromatic heterocycles. The van der Waals surface area contributed by atoms with Crippen LogP contribution in [-0.2, 0) is 6.42 Å². The lowest BCUT2D eigenvalue weighted by molar-refractivity contribution is 0.340. The van der Waals surface area contributed by atoms with Crippen LogP contribution in [0, 0.1) is 0 Å². The quantitative estimate of drug-likeness (QED) is 0.556. The van der Waals surface area contributed by atoms with Crippen LogP contribution in [0.15, 0.2) is 24.3 Å². The van der Waals surface area contributed by atoms with Gasteiger partial charge < -0.3 is 4.74 Å². The highest BCUT2D eigenvalue weighted by atomic mass is 79.9. The Hall–Kier alpha value is -0.500. The number of alkyl halides is 1. The van der Waals surface area contributed by atoms with Crippen LogP contribution in [-0.4, -0.2) is 11.9 Å². The van der Waals surface area contributed by atoms with Gasteiger partial charge in [0.1, 0.15) is 5.75 Å². The van der Waals surface area contributed by atoms with Crippen LogP contribution in [0.25, 0.3) is 0 Å². The summed E-state index contributed by atoms with van der Waals surface area (Å²) in [5.41, 5.74) is 1.40. The van der Waals surface area contributed by atoms with Crippen molar-refractivity contribution >= 4 is 15.9 Å². The molecule has 0 bridgehead atoms. The zero-order valence-electron chi connectivity index (χ0n) is 8.63. The van der Waals surface area contributed by atoms with Crippen molar-refractivity contribution in [1.29, 1.82) is 0 Å². The zero-order chi connectivity index (χ0) is 10.2. The van der Waals surface area contributed by atoms with Gasteiger partial charge in [-0.1, -0.05) is 28.1 Å². The smallest absolute Gasteiger partial charge is 0.119 e. The van der Waals surface area contributed by atoms with E-state index in [-0.39, 0.29) is 0 Å². The van der Waals surface area contributed by atoms with Crippen LogP contribution in [0.4, 0.5) is 0 Å². The van der Waals surface area contributed by atoms with Crippen LogP contribution in [0.2, 0.25) is 0 Å². The molecule has 0 heterocycles. The van der Waals surface area contributed by atoms with Crippen molar-refractivity contribution in [2.75, 3.05) is 11.9 Å². The van der Waals surface area contributed by atoms with Gasteiger partial charge >= 0.3 is 0 Å². The molecule has 1 aromatic rings. The number of ether oxygens (including phenoxy) is 1. The second-order valence-electron chi connectivity index (χ2n) is 3.22. The Balaban J connectivity index is 2.38. The van der Waals surface area contributed by atoms with Crippen LogP contribution < -0.4 is 4.74 Å². The number of benzene rings is 1. The molecule has 0 atom stereocenters. The molecule has 0 unspecified atom stereocenters. The molecule has 0 fully saturated rings. The molecule has 0 N–H and O–H groups in total. The molecule has 0 aliphatic carbocycles. The van der Waals surface area contributed by atoms with Gasteiger partial charge in [-0.15, -0.1) is 0 Å². The first-order chi connectivity index (χ1) is 6.86. The Kier molecular flexibility index (Phi) is 5.69. The molecule has 0 amide bonds. The minimum Gasteiger partial charge on any atom is -0.494 e. The van der Waals surface area contributed by atoms with Crippen molar-refractivity contribution in [3.8, 4) is 5.75 Å². The lowest BCUT2D eigenvalue weighted by atomic mass is 10.1. The molecule has 1 aromatic carbocycles. The monoisotopic (exact) mass is 256 g/mol. The summed E-state index contributed by atoms with van der Waals surface area (Å²) in [6, 6.07) is 8.40. The summed E-state index contributed by atoms with van der Waals surface area (Å²) in [4.78, 5) is 0. The molecule has 0 aliphatic heterocycles. The number of hydrogen-bond donors (Lipinski definition) is 0. The standard InChI is InChI=1S/C12H17BrO/c1-2-14-12-8-6-11(7-9-12)5-3-4-10-13/h6-9H,2-5,10H2,1H3. The Morgan fingerprint density at radius 2 is 1.86 bits per heavy atom. The molecule has 2 heteroatoms. The maximum Gasteiger partial charge on any atom is 0.119 e. The van der Waals surface area contributed by atoms with Crippen molar-refractivity contribution in [3.05, 3.63) is 29.8 Å². The lowest BCUT2D eigenvalue weighted by Crippen LogP contribution is -1.92. The van der Waals surface area contributed by atoms with E-state index >= 15 is 0 Å². The van der Waals surface area contributed by atoms with E-state index in [4.69, 9.17) is 4.74 Å². The van der Waals surface area contributed by atoms with Gasteiger partial charge in [0.15, 0.2) is 0 Å². The molecule has 0 radical (unpaired) electrons. The summed E-state index contributed by atoms with van der Waals surface area (Å²) < 4.78 is 5.38. The van der Waals surface area contributed by atoms with E-state index in [0.717, 1.165) is 24.1 Å². The Bertz CT molecular complexity index is 243. The van der Waals surface area contributed by atoms with Crippen molar-refractivity contribution in [2.24, 2.45) is 0 Å². The van der Waals surface area contributed by atoms with Gasteiger partial charge in [-0.05, 0) is 43.9 Å². The van der Waals surface area contributed by atoms with Gasteiger partial charge in [-0.2, -0.15) is 0 Å². The summed E-state index contributed by atoms with van der Waals surface area (Å²) in [7, 11) is 0. The second kappa shape index (κ2) is 6.88. The Morgan fingerprint density at radius 3 is 2.43 bits per heavy atom. The van der Waals surface area contributed by atoms with Gasteiger partial charge in [0.2, 0.25) is 0 Å². The predicted molar refractivity (Wildman–Crippen MR) is 64.3 cm³/mol. The normalized spacial score (nSPS) is 10.1. The first-order valence-corrected chi connectivity index (χ1v) is 6.26. The highest BCUT2D eigenvalue weighted by Gasteiger charge is 1.94. The molecule has 0 saturated carbocycles. The largest absolute Gasteiger partial charge is 0.494 e. The third-order valence-corrected chi connectivity index (χ3v) is 2.64. The van der Waals surface area contributed by atoms with E-state index in [1.54, 1.807) is 0 Å². The fraction of sp³-hybridized carbons (Fsp3) is 0.500.